The molecule has 1 aliphatic rings. The number of rotatable bonds is 6. The van der Waals surface area contributed by atoms with Gasteiger partial charge in [-0.3, -0.25) is 0 Å². The van der Waals surface area contributed by atoms with Crippen molar-refractivity contribution in [3.8, 4) is 17.4 Å². The normalized spacial score (nSPS) is 16.4. The maximum Gasteiger partial charge on any atom is 0.235 e. The van der Waals surface area contributed by atoms with Crippen LogP contribution in [0.3, 0.4) is 0 Å². The van der Waals surface area contributed by atoms with Gasteiger partial charge in [-0.2, -0.15) is 4.52 Å². The Hall–Kier alpha value is -2.36. The van der Waals surface area contributed by atoms with E-state index in [1.54, 1.807) is 7.11 Å². The molecular formula is C19H25N4O4S+. The van der Waals surface area contributed by atoms with Crippen LogP contribution in [0.1, 0.15) is 29.2 Å². The van der Waals surface area contributed by atoms with Gasteiger partial charge in [0.15, 0.2) is 17.5 Å². The predicted octanol–water partition coefficient (Wildman–Crippen LogP) is 1.22. The number of benzene rings is 1. The first-order chi connectivity index (χ1) is 13.6. The number of morpholine rings is 1. The van der Waals surface area contributed by atoms with Gasteiger partial charge in [0.2, 0.25) is 10.8 Å². The number of quaternary nitrogens is 1. The van der Waals surface area contributed by atoms with Crippen LogP contribution in [0.4, 0.5) is 0 Å². The van der Waals surface area contributed by atoms with Crippen LogP contribution in [0.2, 0.25) is 0 Å². The summed E-state index contributed by atoms with van der Waals surface area (Å²) in [6.45, 7) is 7.44. The van der Waals surface area contributed by atoms with Gasteiger partial charge in [0.25, 0.3) is 0 Å². The summed E-state index contributed by atoms with van der Waals surface area (Å²) in [7, 11) is 1.64. The molecule has 3 heterocycles. The summed E-state index contributed by atoms with van der Waals surface area (Å²) in [5.74, 6) is 2.20. The van der Waals surface area contributed by atoms with Crippen LogP contribution in [0.15, 0.2) is 18.2 Å². The average Bonchev–Trinajstić information content (AvgIpc) is 3.21. The van der Waals surface area contributed by atoms with Crippen LogP contribution >= 0.6 is 11.3 Å². The lowest BCUT2D eigenvalue weighted by Crippen LogP contribution is -3.14. The molecule has 150 valence electrons. The van der Waals surface area contributed by atoms with E-state index in [4.69, 9.17) is 14.2 Å². The molecule has 9 heteroatoms. The number of nitrogens with one attached hydrogen (secondary N) is 1. The zero-order valence-electron chi connectivity index (χ0n) is 16.3. The van der Waals surface area contributed by atoms with Crippen LogP contribution in [-0.4, -0.2) is 59.7 Å². The SMILES string of the molecule is CCOc1ccc([C@H](c2sc3nc(C)nn3c2O)[NH+]2CCOCC2)cc1OC. The number of thiazole rings is 1. The summed E-state index contributed by atoms with van der Waals surface area (Å²) in [6.07, 6.45) is 0. The largest absolute Gasteiger partial charge is 0.493 e. The van der Waals surface area contributed by atoms with E-state index in [1.165, 1.54) is 20.8 Å². The lowest BCUT2D eigenvalue weighted by Gasteiger charge is -2.31. The topological polar surface area (TPSA) is 82.6 Å². The number of methoxy groups -OCH3 is 1. The number of aromatic nitrogens is 3. The maximum absolute atomic E-state index is 10.9. The highest BCUT2D eigenvalue weighted by Gasteiger charge is 2.34. The molecule has 3 aromatic rings. The van der Waals surface area contributed by atoms with Crippen molar-refractivity contribution >= 4 is 16.3 Å². The standard InChI is InChI=1S/C19H24N4O4S/c1-4-27-14-6-5-13(11-15(14)25-3)16(22-7-9-26-10-8-22)17-18(24)23-19(28-17)20-12(2)21-23/h5-6,11,16,24H,4,7-10H2,1-3H3/p+1/t16-/m1/s1. The monoisotopic (exact) mass is 405 g/mol. The zero-order chi connectivity index (χ0) is 19.7. The van der Waals surface area contributed by atoms with Gasteiger partial charge in [0.05, 0.1) is 26.9 Å². The fourth-order valence-corrected chi connectivity index (χ4v) is 4.86. The average molecular weight is 406 g/mol. The Kier molecular flexibility index (Phi) is 5.38. The highest BCUT2D eigenvalue weighted by molar-refractivity contribution is 7.17. The van der Waals surface area contributed by atoms with Gasteiger partial charge >= 0.3 is 0 Å². The van der Waals surface area contributed by atoms with E-state index in [0.29, 0.717) is 42.1 Å². The first-order valence-electron chi connectivity index (χ1n) is 9.40. The minimum atomic E-state index is -0.0673. The quantitative estimate of drug-likeness (QED) is 0.642. The van der Waals surface area contributed by atoms with Gasteiger partial charge in [0, 0.05) is 5.56 Å². The van der Waals surface area contributed by atoms with E-state index in [9.17, 15) is 5.11 Å². The van der Waals surface area contributed by atoms with Crippen molar-refractivity contribution in [2.45, 2.75) is 19.9 Å². The second-order valence-electron chi connectivity index (χ2n) is 6.69. The number of nitrogens with zero attached hydrogens (tertiary/aromatic N) is 3. The number of aryl methyl sites for hydroxylation is 1. The summed E-state index contributed by atoms with van der Waals surface area (Å²) in [4.78, 5) is 7.29. The van der Waals surface area contributed by atoms with Gasteiger partial charge in [-0.25, -0.2) is 4.98 Å². The molecule has 4 rings (SSSR count). The molecule has 0 unspecified atom stereocenters. The molecule has 2 N–H and O–H groups in total. The highest BCUT2D eigenvalue weighted by atomic mass is 32.1. The third kappa shape index (κ3) is 3.41. The molecule has 0 amide bonds. The molecule has 8 nitrogen and oxygen atoms in total. The molecule has 1 fully saturated rings. The molecular weight excluding hydrogens is 380 g/mol. The first kappa shape index (κ1) is 19.0. The predicted molar refractivity (Wildman–Crippen MR) is 105 cm³/mol. The zero-order valence-corrected chi connectivity index (χ0v) is 17.1. The Morgan fingerprint density at radius 3 is 2.79 bits per heavy atom. The molecule has 1 aromatic carbocycles. The summed E-state index contributed by atoms with van der Waals surface area (Å²) >= 11 is 1.47. The molecule has 1 aliphatic heterocycles. The van der Waals surface area contributed by atoms with E-state index in [2.05, 4.69) is 10.1 Å². The summed E-state index contributed by atoms with van der Waals surface area (Å²) in [5, 5.41) is 15.2. The molecule has 2 aromatic heterocycles. The van der Waals surface area contributed by atoms with Crippen LogP contribution in [0, 0.1) is 6.92 Å². The lowest BCUT2D eigenvalue weighted by molar-refractivity contribution is -0.932. The summed E-state index contributed by atoms with van der Waals surface area (Å²) in [5.41, 5.74) is 1.05. The van der Waals surface area contributed by atoms with Crippen molar-refractivity contribution in [2.75, 3.05) is 40.0 Å². The minimum Gasteiger partial charge on any atom is -0.493 e. The van der Waals surface area contributed by atoms with E-state index in [1.807, 2.05) is 32.0 Å². The Balaban J connectivity index is 1.81. The lowest BCUT2D eigenvalue weighted by atomic mass is 10.0. The molecule has 0 saturated carbocycles. The fourth-order valence-electron chi connectivity index (χ4n) is 3.67. The van der Waals surface area contributed by atoms with E-state index in [0.717, 1.165) is 23.5 Å². The number of ether oxygens (including phenoxy) is 3. The van der Waals surface area contributed by atoms with Crippen molar-refractivity contribution in [1.29, 1.82) is 0 Å². The summed E-state index contributed by atoms with van der Waals surface area (Å²) < 4.78 is 18.3. The van der Waals surface area contributed by atoms with Gasteiger partial charge in [0.1, 0.15) is 23.8 Å². The second-order valence-corrected chi connectivity index (χ2v) is 7.70. The van der Waals surface area contributed by atoms with Crippen LogP contribution in [-0.2, 0) is 4.74 Å². The third-order valence-electron chi connectivity index (χ3n) is 4.93. The van der Waals surface area contributed by atoms with E-state index < -0.39 is 0 Å². The molecule has 0 bridgehead atoms. The van der Waals surface area contributed by atoms with Gasteiger partial charge in [-0.15, -0.1) is 5.10 Å². The summed E-state index contributed by atoms with van der Waals surface area (Å²) in [6, 6.07) is 5.91. The minimum absolute atomic E-state index is 0.0673. The third-order valence-corrected chi connectivity index (χ3v) is 6.02. The smallest absolute Gasteiger partial charge is 0.235 e. The molecule has 0 radical (unpaired) electrons. The molecule has 1 saturated heterocycles. The van der Waals surface area contributed by atoms with Crippen LogP contribution < -0.4 is 14.4 Å². The Bertz CT molecular complexity index is 964. The van der Waals surface area contributed by atoms with Crippen molar-refractivity contribution in [1.82, 2.24) is 14.6 Å². The Morgan fingerprint density at radius 2 is 2.11 bits per heavy atom. The van der Waals surface area contributed by atoms with Gasteiger partial charge in [-0.1, -0.05) is 11.3 Å². The van der Waals surface area contributed by atoms with Crippen molar-refractivity contribution in [3.05, 3.63) is 34.5 Å². The van der Waals surface area contributed by atoms with E-state index >= 15 is 0 Å². The maximum atomic E-state index is 10.9. The number of hydrogen-bond acceptors (Lipinski definition) is 7. The van der Waals surface area contributed by atoms with Crippen molar-refractivity contribution in [2.24, 2.45) is 0 Å². The number of hydrogen-bond donors (Lipinski definition) is 2. The highest BCUT2D eigenvalue weighted by Crippen LogP contribution is 2.37. The van der Waals surface area contributed by atoms with Gasteiger partial charge in [-0.05, 0) is 32.0 Å². The fraction of sp³-hybridized carbons (Fsp3) is 0.474. The number of fused-ring (bicyclic) bond motifs is 1. The molecule has 28 heavy (non-hydrogen) atoms. The van der Waals surface area contributed by atoms with Crippen molar-refractivity contribution in [3.63, 3.8) is 0 Å². The molecule has 0 aliphatic carbocycles. The first-order valence-corrected chi connectivity index (χ1v) is 10.2. The van der Waals surface area contributed by atoms with Gasteiger partial charge < -0.3 is 24.2 Å². The van der Waals surface area contributed by atoms with E-state index in [-0.39, 0.29) is 11.9 Å². The molecule has 0 spiro atoms. The Labute approximate surface area is 167 Å². The van der Waals surface area contributed by atoms with Crippen LogP contribution in [0.25, 0.3) is 4.96 Å². The number of aromatic hydroxyl groups is 1. The van der Waals surface area contributed by atoms with Crippen LogP contribution in [0.5, 0.6) is 17.4 Å². The second kappa shape index (κ2) is 7.94. The van der Waals surface area contributed by atoms with Crippen molar-refractivity contribution < 1.29 is 24.2 Å². The Morgan fingerprint density at radius 1 is 1.32 bits per heavy atom. The molecule has 1 atom stereocenters.